The summed E-state index contributed by atoms with van der Waals surface area (Å²) in [6, 6.07) is 16.7. The number of hydrogen-bond donors (Lipinski definition) is 3. The lowest BCUT2D eigenvalue weighted by molar-refractivity contribution is -0.146. The molecule has 2 unspecified atom stereocenters. The van der Waals surface area contributed by atoms with Crippen LogP contribution in [0.2, 0.25) is 0 Å². The molecule has 0 aliphatic carbocycles. The molecule has 0 saturated carbocycles. The monoisotopic (exact) mass is 442 g/mol. The number of methoxy groups -OCH3 is 1. The van der Waals surface area contributed by atoms with Crippen LogP contribution >= 0.6 is 0 Å². The van der Waals surface area contributed by atoms with Crippen molar-refractivity contribution in [1.29, 1.82) is 0 Å². The molecule has 0 bridgehead atoms. The summed E-state index contributed by atoms with van der Waals surface area (Å²) in [7, 11) is 1.34. The van der Waals surface area contributed by atoms with Crippen LogP contribution in [0.3, 0.4) is 0 Å². The number of aromatic amines is 1. The van der Waals surface area contributed by atoms with Crippen LogP contribution in [-0.4, -0.2) is 35.0 Å². The topological polar surface area (TPSA) is 110 Å². The number of pyridine rings is 1. The number of benzene rings is 2. The summed E-state index contributed by atoms with van der Waals surface area (Å²) in [4.78, 5) is 33.2. The molecule has 1 amide bonds. The summed E-state index contributed by atoms with van der Waals surface area (Å²) >= 11 is 0. The number of esters is 1. The van der Waals surface area contributed by atoms with Crippen LogP contribution in [0, 0.1) is 5.92 Å². The normalized spacial score (nSPS) is 12.9. The summed E-state index contributed by atoms with van der Waals surface area (Å²) in [5, 5.41) is 4.86. The van der Waals surface area contributed by atoms with Gasteiger partial charge in [-0.05, 0) is 42.7 Å². The molecule has 0 radical (unpaired) electrons. The molecule has 2 aromatic carbocycles. The molecule has 0 fully saturated rings. The minimum absolute atomic E-state index is 0.282. The highest BCUT2D eigenvalue weighted by atomic mass is 16.5. The second-order valence-corrected chi connectivity index (χ2v) is 8.11. The van der Waals surface area contributed by atoms with Crippen molar-refractivity contribution < 1.29 is 14.3 Å². The maximum absolute atomic E-state index is 13.0. The van der Waals surface area contributed by atoms with E-state index in [1.54, 1.807) is 19.2 Å². The lowest BCUT2D eigenvalue weighted by Gasteiger charge is -2.23. The first kappa shape index (κ1) is 22.1. The van der Waals surface area contributed by atoms with E-state index in [1.165, 1.54) is 7.11 Å². The molecular weight excluding hydrogens is 416 g/mol. The summed E-state index contributed by atoms with van der Waals surface area (Å²) < 4.78 is 5.01. The van der Waals surface area contributed by atoms with Gasteiger partial charge in [-0.2, -0.15) is 0 Å². The molecule has 4 N–H and O–H groups in total. The molecule has 33 heavy (non-hydrogen) atoms. The number of rotatable bonds is 7. The van der Waals surface area contributed by atoms with Crippen molar-refractivity contribution in [2.24, 2.45) is 11.7 Å². The van der Waals surface area contributed by atoms with Gasteiger partial charge in [-0.1, -0.05) is 43.0 Å². The molecule has 0 aliphatic heterocycles. The largest absolute Gasteiger partial charge is 0.469 e. The first-order chi connectivity index (χ1) is 15.9. The summed E-state index contributed by atoms with van der Waals surface area (Å²) in [6.45, 7) is 5.55. The highest BCUT2D eigenvalue weighted by Gasteiger charge is 2.28. The number of carbonyl (C=O) groups excluding carboxylic acids is 2. The predicted octanol–water partition coefficient (Wildman–Crippen LogP) is 3.80. The van der Waals surface area contributed by atoms with Gasteiger partial charge in [-0.3, -0.25) is 9.59 Å². The van der Waals surface area contributed by atoms with Crippen molar-refractivity contribution in [1.82, 2.24) is 15.3 Å². The minimum Gasteiger partial charge on any atom is -0.469 e. The highest BCUT2D eigenvalue weighted by Crippen LogP contribution is 2.25. The van der Waals surface area contributed by atoms with Gasteiger partial charge in [0.1, 0.15) is 5.69 Å². The van der Waals surface area contributed by atoms with Crippen molar-refractivity contribution in [3.05, 3.63) is 84.2 Å². The molecular formula is C26H26N4O3. The first-order valence-corrected chi connectivity index (χ1v) is 10.7. The molecule has 7 heteroatoms. The molecule has 2 aromatic heterocycles. The third kappa shape index (κ3) is 4.57. The fraction of sp³-hybridized carbons (Fsp3) is 0.192. The summed E-state index contributed by atoms with van der Waals surface area (Å²) in [5.41, 5.74) is 10.1. The van der Waals surface area contributed by atoms with Crippen molar-refractivity contribution in [3.8, 4) is 0 Å². The molecule has 2 heterocycles. The molecule has 168 valence electrons. The van der Waals surface area contributed by atoms with E-state index < -0.39 is 17.9 Å². The number of H-pyrrole nitrogens is 1. The number of para-hydroxylation sites is 1. The van der Waals surface area contributed by atoms with Crippen LogP contribution in [0.25, 0.3) is 27.5 Å². The second kappa shape index (κ2) is 9.16. The van der Waals surface area contributed by atoms with Crippen LogP contribution in [0.4, 0.5) is 0 Å². The van der Waals surface area contributed by atoms with E-state index in [0.29, 0.717) is 12.1 Å². The van der Waals surface area contributed by atoms with E-state index in [9.17, 15) is 9.59 Å². The fourth-order valence-electron chi connectivity index (χ4n) is 4.02. The molecule has 4 aromatic rings. The average Bonchev–Trinajstić information content (AvgIpc) is 3.20. The lowest BCUT2D eigenvalue weighted by Crippen LogP contribution is -2.43. The minimum atomic E-state index is -0.586. The summed E-state index contributed by atoms with van der Waals surface area (Å²) in [6.07, 6.45) is 2.03. The van der Waals surface area contributed by atoms with Gasteiger partial charge < -0.3 is 20.8 Å². The zero-order valence-electron chi connectivity index (χ0n) is 18.6. The number of nitrogens with zero attached hydrogens (tertiary/aromatic N) is 1. The van der Waals surface area contributed by atoms with E-state index >= 15 is 0 Å². The van der Waals surface area contributed by atoms with Gasteiger partial charge in [0.15, 0.2) is 0 Å². The lowest BCUT2D eigenvalue weighted by atomic mass is 9.92. The van der Waals surface area contributed by atoms with Crippen LogP contribution in [0.15, 0.2) is 67.4 Å². The van der Waals surface area contributed by atoms with Gasteiger partial charge in [0, 0.05) is 28.0 Å². The Hall–Kier alpha value is -4.13. The van der Waals surface area contributed by atoms with Crippen LogP contribution in [0.5, 0.6) is 0 Å². The first-order valence-electron chi connectivity index (χ1n) is 10.7. The van der Waals surface area contributed by atoms with E-state index in [1.807, 2.05) is 48.5 Å². The van der Waals surface area contributed by atoms with Crippen LogP contribution < -0.4 is 11.1 Å². The quantitative estimate of drug-likeness (QED) is 0.377. The Morgan fingerprint density at radius 1 is 1.12 bits per heavy atom. The van der Waals surface area contributed by atoms with Gasteiger partial charge in [0.25, 0.3) is 5.91 Å². The number of nitrogens with two attached hydrogens (primary N) is 1. The van der Waals surface area contributed by atoms with Gasteiger partial charge in [-0.25, -0.2) is 4.98 Å². The Bertz CT molecular complexity index is 1360. The SMILES string of the molecule is C=C(N)c1cccc(CC(C(=O)OC)C(C)NC(=O)c2cc3c(cn2)[nH]c2ccccc23)c1. The van der Waals surface area contributed by atoms with E-state index in [-0.39, 0.29) is 11.6 Å². The molecule has 0 spiro atoms. The standard InChI is InChI=1S/C26H26N4O3/c1-15(27)18-8-6-7-17(11-18)12-20(26(32)33-3)16(2)29-25(31)23-13-21-19-9-4-5-10-22(19)30-24(21)14-28-23/h4-11,13-14,16,20,30H,1,12,27H2,2-3H3,(H,29,31). The van der Waals surface area contributed by atoms with Crippen molar-refractivity contribution in [2.75, 3.05) is 7.11 Å². The Morgan fingerprint density at radius 2 is 1.91 bits per heavy atom. The van der Waals surface area contributed by atoms with Gasteiger partial charge in [0.2, 0.25) is 0 Å². The fourth-order valence-corrected chi connectivity index (χ4v) is 4.02. The number of aromatic nitrogens is 2. The summed E-state index contributed by atoms with van der Waals surface area (Å²) in [5.74, 6) is -1.34. The molecule has 0 saturated heterocycles. The predicted molar refractivity (Wildman–Crippen MR) is 129 cm³/mol. The third-order valence-electron chi connectivity index (χ3n) is 5.84. The maximum Gasteiger partial charge on any atom is 0.311 e. The number of ether oxygens (including phenoxy) is 1. The second-order valence-electron chi connectivity index (χ2n) is 8.11. The van der Waals surface area contributed by atoms with Crippen molar-refractivity contribution >= 4 is 39.4 Å². The number of carbonyl (C=O) groups is 2. The average molecular weight is 443 g/mol. The molecule has 7 nitrogen and oxygen atoms in total. The van der Waals surface area contributed by atoms with Crippen LogP contribution in [0.1, 0.15) is 28.5 Å². The van der Waals surface area contributed by atoms with E-state index in [4.69, 9.17) is 10.5 Å². The molecule has 2 atom stereocenters. The van der Waals surface area contributed by atoms with Gasteiger partial charge in [-0.15, -0.1) is 0 Å². The van der Waals surface area contributed by atoms with Gasteiger partial charge >= 0.3 is 5.97 Å². The molecule has 4 rings (SSSR count). The highest BCUT2D eigenvalue weighted by molar-refractivity contribution is 6.09. The Balaban J connectivity index is 1.56. The Kier molecular flexibility index (Phi) is 6.13. The molecule has 0 aliphatic rings. The Morgan fingerprint density at radius 3 is 2.67 bits per heavy atom. The van der Waals surface area contributed by atoms with E-state index in [2.05, 4.69) is 21.9 Å². The smallest absolute Gasteiger partial charge is 0.311 e. The Labute approximate surface area is 191 Å². The number of hydrogen-bond acceptors (Lipinski definition) is 5. The number of nitrogens with one attached hydrogen (secondary N) is 2. The zero-order chi connectivity index (χ0) is 23.5. The van der Waals surface area contributed by atoms with Crippen molar-refractivity contribution in [2.45, 2.75) is 19.4 Å². The zero-order valence-corrected chi connectivity index (χ0v) is 18.6. The number of fused-ring (bicyclic) bond motifs is 3. The van der Waals surface area contributed by atoms with Crippen LogP contribution in [-0.2, 0) is 16.0 Å². The van der Waals surface area contributed by atoms with E-state index in [0.717, 1.165) is 32.9 Å². The maximum atomic E-state index is 13.0. The number of amides is 1. The third-order valence-corrected chi connectivity index (χ3v) is 5.84. The van der Waals surface area contributed by atoms with Gasteiger partial charge in [0.05, 0.1) is 24.7 Å². The van der Waals surface area contributed by atoms with Crippen molar-refractivity contribution in [3.63, 3.8) is 0 Å².